The maximum absolute atomic E-state index is 13.8. The minimum absolute atomic E-state index is 0.0210. The molecule has 2 aliphatic rings. The SMILES string of the molecule is CSc1nc(Cl)c2c(n1)C1(CCN(c3ccccc3)CC1)C(=O)N(c1cnoc1)C2. The van der Waals surface area contributed by atoms with Gasteiger partial charge >= 0.3 is 0 Å². The molecule has 1 aromatic carbocycles. The van der Waals surface area contributed by atoms with Gasteiger partial charge in [-0.25, -0.2) is 9.97 Å². The molecule has 1 amide bonds. The number of carbonyl (C=O) groups is 1. The summed E-state index contributed by atoms with van der Waals surface area (Å²) in [6, 6.07) is 10.3. The second-order valence-corrected chi connectivity index (χ2v) is 8.64. The predicted octanol–water partition coefficient (Wildman–Crippen LogP) is 3.92. The van der Waals surface area contributed by atoms with Gasteiger partial charge in [0.25, 0.3) is 0 Å². The Balaban J connectivity index is 1.58. The van der Waals surface area contributed by atoms with E-state index in [1.54, 1.807) is 11.1 Å². The zero-order valence-electron chi connectivity index (χ0n) is 16.4. The highest BCUT2D eigenvalue weighted by Crippen LogP contribution is 2.45. The Hall–Kier alpha value is -2.58. The van der Waals surface area contributed by atoms with Crippen molar-refractivity contribution in [1.82, 2.24) is 15.1 Å². The number of piperidine rings is 1. The van der Waals surface area contributed by atoms with E-state index in [1.165, 1.54) is 18.0 Å². The number of aromatic nitrogens is 3. The first kappa shape index (κ1) is 19.4. The third-order valence-electron chi connectivity index (χ3n) is 6.01. The van der Waals surface area contributed by atoms with Crippen LogP contribution < -0.4 is 9.80 Å². The van der Waals surface area contributed by atoms with Crippen LogP contribution in [0.2, 0.25) is 5.15 Å². The molecule has 3 aromatic rings. The van der Waals surface area contributed by atoms with Gasteiger partial charge in [-0.2, -0.15) is 0 Å². The summed E-state index contributed by atoms with van der Waals surface area (Å²) in [4.78, 5) is 27.1. The van der Waals surface area contributed by atoms with Crippen LogP contribution in [0.25, 0.3) is 0 Å². The summed E-state index contributed by atoms with van der Waals surface area (Å²) in [5.74, 6) is 0.0210. The first-order valence-corrected chi connectivity index (χ1v) is 11.3. The Bertz CT molecular complexity index is 1070. The molecule has 0 bridgehead atoms. The second-order valence-electron chi connectivity index (χ2n) is 7.51. The highest BCUT2D eigenvalue weighted by molar-refractivity contribution is 7.98. The number of para-hydroxylation sites is 1. The number of thioether (sulfide) groups is 1. The Morgan fingerprint density at radius 2 is 1.90 bits per heavy atom. The van der Waals surface area contributed by atoms with E-state index >= 15 is 0 Å². The van der Waals surface area contributed by atoms with E-state index in [-0.39, 0.29) is 5.91 Å². The normalized spacial score (nSPS) is 18.0. The van der Waals surface area contributed by atoms with Crippen LogP contribution >= 0.6 is 23.4 Å². The first-order valence-electron chi connectivity index (χ1n) is 9.74. The van der Waals surface area contributed by atoms with Crippen molar-refractivity contribution in [2.75, 3.05) is 29.1 Å². The standard InChI is InChI=1S/C21H20ClN5O2S/c1-30-20-24-17-16(18(22)25-20)12-27(15-11-23-29-13-15)19(28)21(17)7-9-26(10-8-21)14-5-3-2-4-6-14/h2-6,11,13H,7-10,12H2,1H3. The molecule has 30 heavy (non-hydrogen) atoms. The molecule has 0 radical (unpaired) electrons. The summed E-state index contributed by atoms with van der Waals surface area (Å²) in [7, 11) is 0. The fraction of sp³-hybridized carbons (Fsp3) is 0.333. The molecule has 9 heteroatoms. The van der Waals surface area contributed by atoms with Crippen LogP contribution in [0.5, 0.6) is 0 Å². The van der Waals surface area contributed by atoms with Gasteiger partial charge in [0, 0.05) is 24.3 Å². The predicted molar refractivity (Wildman–Crippen MR) is 116 cm³/mol. The molecule has 1 fully saturated rings. The van der Waals surface area contributed by atoms with Crippen molar-refractivity contribution in [3.8, 4) is 0 Å². The van der Waals surface area contributed by atoms with Gasteiger partial charge in [0.1, 0.15) is 17.1 Å². The van der Waals surface area contributed by atoms with Crippen molar-refractivity contribution >= 4 is 40.6 Å². The van der Waals surface area contributed by atoms with Crippen LogP contribution in [0, 0.1) is 0 Å². The van der Waals surface area contributed by atoms with Crippen LogP contribution in [0.4, 0.5) is 11.4 Å². The van der Waals surface area contributed by atoms with Crippen molar-refractivity contribution in [3.63, 3.8) is 0 Å². The maximum atomic E-state index is 13.8. The number of halogens is 1. The van der Waals surface area contributed by atoms with Gasteiger partial charge < -0.3 is 14.3 Å². The molecule has 2 aromatic heterocycles. The molecule has 5 rings (SSSR count). The van der Waals surface area contributed by atoms with Crippen LogP contribution in [-0.4, -0.2) is 40.4 Å². The van der Waals surface area contributed by atoms with Gasteiger partial charge in [-0.15, -0.1) is 0 Å². The van der Waals surface area contributed by atoms with Crippen LogP contribution in [0.15, 0.2) is 52.5 Å². The van der Waals surface area contributed by atoms with Gasteiger partial charge in [-0.1, -0.05) is 46.7 Å². The van der Waals surface area contributed by atoms with Gasteiger partial charge in [0.2, 0.25) is 5.91 Å². The van der Waals surface area contributed by atoms with Crippen LogP contribution in [0.1, 0.15) is 24.1 Å². The summed E-state index contributed by atoms with van der Waals surface area (Å²) in [5.41, 5.74) is 2.63. The summed E-state index contributed by atoms with van der Waals surface area (Å²) < 4.78 is 5.00. The van der Waals surface area contributed by atoms with Crippen molar-refractivity contribution < 1.29 is 9.32 Å². The van der Waals surface area contributed by atoms with Gasteiger partial charge in [0.05, 0.1) is 23.9 Å². The molecule has 0 unspecified atom stereocenters. The number of anilines is 2. The zero-order valence-corrected chi connectivity index (χ0v) is 18.0. The molecule has 4 heterocycles. The minimum Gasteiger partial charge on any atom is -0.371 e. The van der Waals surface area contributed by atoms with Crippen molar-refractivity contribution in [1.29, 1.82) is 0 Å². The Morgan fingerprint density at radius 3 is 2.57 bits per heavy atom. The Labute approximate surface area is 183 Å². The maximum Gasteiger partial charge on any atom is 0.239 e. The monoisotopic (exact) mass is 441 g/mol. The summed E-state index contributed by atoms with van der Waals surface area (Å²) in [6.07, 6.45) is 6.26. The highest BCUT2D eigenvalue weighted by Gasteiger charge is 2.51. The van der Waals surface area contributed by atoms with E-state index in [0.717, 1.165) is 30.0 Å². The van der Waals surface area contributed by atoms with E-state index in [9.17, 15) is 4.79 Å². The molecule has 154 valence electrons. The molecule has 0 aliphatic carbocycles. The van der Waals surface area contributed by atoms with Gasteiger partial charge in [-0.05, 0) is 31.2 Å². The molecular formula is C21H20ClN5O2S. The lowest BCUT2D eigenvalue weighted by molar-refractivity contribution is -0.126. The molecule has 2 aliphatic heterocycles. The number of hydrogen-bond acceptors (Lipinski definition) is 7. The largest absolute Gasteiger partial charge is 0.371 e. The lowest BCUT2D eigenvalue weighted by atomic mass is 9.70. The Morgan fingerprint density at radius 1 is 1.13 bits per heavy atom. The van der Waals surface area contributed by atoms with Gasteiger partial charge in [0.15, 0.2) is 5.16 Å². The van der Waals surface area contributed by atoms with E-state index in [4.69, 9.17) is 21.1 Å². The molecule has 0 atom stereocenters. The van der Waals surface area contributed by atoms with E-state index in [1.807, 2.05) is 24.5 Å². The first-order chi connectivity index (χ1) is 14.6. The topological polar surface area (TPSA) is 75.4 Å². The zero-order chi connectivity index (χ0) is 20.7. The second kappa shape index (κ2) is 7.59. The molecule has 0 saturated carbocycles. The summed E-state index contributed by atoms with van der Waals surface area (Å²) >= 11 is 8.01. The number of nitrogens with zero attached hydrogens (tertiary/aromatic N) is 5. The lowest BCUT2D eigenvalue weighted by Gasteiger charge is -2.46. The van der Waals surface area contributed by atoms with Gasteiger partial charge in [-0.3, -0.25) is 4.79 Å². The van der Waals surface area contributed by atoms with Crippen LogP contribution in [-0.2, 0) is 16.8 Å². The minimum atomic E-state index is -0.743. The van der Waals surface area contributed by atoms with Crippen molar-refractivity contribution in [2.24, 2.45) is 0 Å². The average Bonchev–Trinajstić information content (AvgIpc) is 3.32. The lowest BCUT2D eigenvalue weighted by Crippen LogP contribution is -2.56. The Kier molecular flexibility index (Phi) is 4.91. The fourth-order valence-electron chi connectivity index (χ4n) is 4.43. The van der Waals surface area contributed by atoms with Crippen molar-refractivity contribution in [3.05, 3.63) is 59.2 Å². The quantitative estimate of drug-likeness (QED) is 0.346. The molecule has 1 spiro atoms. The number of benzene rings is 1. The average molecular weight is 442 g/mol. The number of fused-ring (bicyclic) bond motifs is 2. The number of amides is 1. The van der Waals surface area contributed by atoms with E-state index in [2.05, 4.69) is 27.2 Å². The molecule has 1 saturated heterocycles. The third kappa shape index (κ3) is 3.06. The van der Waals surface area contributed by atoms with Crippen molar-refractivity contribution in [2.45, 2.75) is 30.0 Å². The number of hydrogen-bond donors (Lipinski definition) is 0. The van der Waals surface area contributed by atoms with E-state index < -0.39 is 5.41 Å². The van der Waals surface area contributed by atoms with E-state index in [0.29, 0.717) is 35.4 Å². The summed E-state index contributed by atoms with van der Waals surface area (Å²) in [5, 5.41) is 4.78. The molecular weight excluding hydrogens is 422 g/mol. The number of rotatable bonds is 3. The molecule has 0 N–H and O–H groups in total. The fourth-order valence-corrected chi connectivity index (χ4v) is 5.08. The smallest absolute Gasteiger partial charge is 0.239 e. The molecule has 7 nitrogen and oxygen atoms in total. The van der Waals surface area contributed by atoms with Crippen LogP contribution in [0.3, 0.4) is 0 Å². The summed E-state index contributed by atoms with van der Waals surface area (Å²) in [6.45, 7) is 1.82. The third-order valence-corrected chi connectivity index (χ3v) is 6.87. The number of carbonyl (C=O) groups excluding carboxylic acids is 1. The highest BCUT2D eigenvalue weighted by atomic mass is 35.5.